The average molecular weight is 331 g/mol. The maximum Gasteiger partial charge on any atom is 0.240 e. The summed E-state index contributed by atoms with van der Waals surface area (Å²) in [5.41, 5.74) is 1.77. The fourth-order valence-corrected chi connectivity index (χ4v) is 2.40. The number of halogens is 1. The molecular weight excluding hydrogens is 312 g/mol. The van der Waals surface area contributed by atoms with Gasteiger partial charge in [0.2, 0.25) is 11.8 Å². The second kappa shape index (κ2) is 8.34. The van der Waals surface area contributed by atoms with E-state index in [0.717, 1.165) is 12.0 Å². The van der Waals surface area contributed by atoms with E-state index in [1.807, 2.05) is 30.3 Å². The molecule has 0 unspecified atom stereocenters. The first kappa shape index (κ1) is 17.0. The zero-order valence-electron chi connectivity index (χ0n) is 13.0. The van der Waals surface area contributed by atoms with Gasteiger partial charge in [0.05, 0.1) is 0 Å². The number of hydrogen-bond donors (Lipinski definition) is 1. The molecule has 2 rings (SSSR count). The Morgan fingerprint density at radius 1 is 1.09 bits per heavy atom. The van der Waals surface area contributed by atoms with E-state index in [-0.39, 0.29) is 18.4 Å². The minimum atomic E-state index is -0.203. The van der Waals surface area contributed by atoms with Crippen LogP contribution in [-0.4, -0.2) is 24.9 Å². The van der Waals surface area contributed by atoms with Crippen molar-refractivity contribution in [1.82, 2.24) is 5.32 Å². The summed E-state index contributed by atoms with van der Waals surface area (Å²) in [4.78, 5) is 25.3. The van der Waals surface area contributed by atoms with Crippen LogP contribution in [0.15, 0.2) is 54.6 Å². The van der Waals surface area contributed by atoms with Gasteiger partial charge in [-0.15, -0.1) is 0 Å². The zero-order chi connectivity index (χ0) is 16.7. The van der Waals surface area contributed by atoms with Crippen LogP contribution < -0.4 is 10.2 Å². The summed E-state index contributed by atoms with van der Waals surface area (Å²) in [6.45, 7) is 1.94. The average Bonchev–Trinajstić information content (AvgIpc) is 2.53. The lowest BCUT2D eigenvalue weighted by molar-refractivity contribution is -0.123. The molecule has 0 saturated carbocycles. The van der Waals surface area contributed by atoms with Crippen molar-refractivity contribution in [3.05, 3.63) is 65.2 Å². The Hall–Kier alpha value is -2.33. The zero-order valence-corrected chi connectivity index (χ0v) is 13.7. The van der Waals surface area contributed by atoms with Crippen molar-refractivity contribution in [1.29, 1.82) is 0 Å². The van der Waals surface area contributed by atoms with Crippen molar-refractivity contribution in [2.75, 3.05) is 18.0 Å². The quantitative estimate of drug-likeness (QED) is 0.885. The van der Waals surface area contributed by atoms with Gasteiger partial charge in [0.15, 0.2) is 0 Å². The monoisotopic (exact) mass is 330 g/mol. The number of carbonyl (C=O) groups excluding carboxylic acids is 2. The number of nitrogens with one attached hydrogen (secondary N) is 1. The molecule has 0 aliphatic rings. The first-order valence-electron chi connectivity index (χ1n) is 7.40. The number of rotatable bonds is 6. The Balaban J connectivity index is 1.90. The van der Waals surface area contributed by atoms with Gasteiger partial charge in [-0.25, -0.2) is 0 Å². The fraction of sp³-hybridized carbons (Fsp3) is 0.222. The van der Waals surface area contributed by atoms with E-state index in [1.54, 1.807) is 24.3 Å². The maximum absolute atomic E-state index is 12.1. The maximum atomic E-state index is 12.1. The third kappa shape index (κ3) is 5.42. The Bertz CT molecular complexity index is 674. The molecule has 0 spiro atoms. The number of carbonyl (C=O) groups is 2. The molecule has 0 aliphatic heterocycles. The first-order chi connectivity index (χ1) is 11.1. The van der Waals surface area contributed by atoms with Gasteiger partial charge in [-0.1, -0.05) is 48.0 Å². The van der Waals surface area contributed by atoms with Crippen LogP contribution in [0.4, 0.5) is 5.69 Å². The first-order valence-corrected chi connectivity index (χ1v) is 7.78. The summed E-state index contributed by atoms with van der Waals surface area (Å²) in [6, 6.07) is 16.8. The third-order valence-corrected chi connectivity index (χ3v) is 3.62. The van der Waals surface area contributed by atoms with Crippen LogP contribution in [0.3, 0.4) is 0 Å². The summed E-state index contributed by atoms with van der Waals surface area (Å²) in [5.74, 6) is -0.401. The normalized spacial score (nSPS) is 10.2. The van der Waals surface area contributed by atoms with E-state index in [1.165, 1.54) is 11.8 Å². The molecule has 2 aromatic carbocycles. The Morgan fingerprint density at radius 3 is 2.48 bits per heavy atom. The molecule has 0 atom stereocenters. The molecule has 120 valence electrons. The molecule has 0 aromatic heterocycles. The highest BCUT2D eigenvalue weighted by Gasteiger charge is 2.15. The van der Waals surface area contributed by atoms with E-state index in [0.29, 0.717) is 17.3 Å². The topological polar surface area (TPSA) is 49.4 Å². The fourth-order valence-electron chi connectivity index (χ4n) is 2.22. The number of benzene rings is 2. The molecule has 0 heterocycles. The second-order valence-electron chi connectivity index (χ2n) is 5.17. The summed E-state index contributed by atoms with van der Waals surface area (Å²) >= 11 is 5.94. The number of amides is 2. The van der Waals surface area contributed by atoms with Crippen LogP contribution in [0.1, 0.15) is 12.5 Å². The predicted molar refractivity (Wildman–Crippen MR) is 92.6 cm³/mol. The van der Waals surface area contributed by atoms with Crippen LogP contribution in [0.25, 0.3) is 0 Å². The molecular formula is C18H19ClN2O2. The van der Waals surface area contributed by atoms with Crippen LogP contribution >= 0.6 is 11.6 Å². The lowest BCUT2D eigenvalue weighted by atomic mass is 10.1. The molecule has 4 nitrogen and oxygen atoms in total. The van der Waals surface area contributed by atoms with Gasteiger partial charge in [0.25, 0.3) is 0 Å². The number of anilines is 1. The lowest BCUT2D eigenvalue weighted by Gasteiger charge is -2.20. The molecule has 0 bridgehead atoms. The molecule has 23 heavy (non-hydrogen) atoms. The molecule has 0 aliphatic carbocycles. The molecule has 0 radical (unpaired) electrons. The Morgan fingerprint density at radius 2 is 1.83 bits per heavy atom. The van der Waals surface area contributed by atoms with Gasteiger partial charge in [-0.3, -0.25) is 9.59 Å². The third-order valence-electron chi connectivity index (χ3n) is 3.38. The SMILES string of the molecule is CC(=O)N(CC(=O)NCCc1ccccc1)c1cccc(Cl)c1. The van der Waals surface area contributed by atoms with E-state index >= 15 is 0 Å². The number of hydrogen-bond acceptors (Lipinski definition) is 2. The largest absolute Gasteiger partial charge is 0.354 e. The molecule has 5 heteroatoms. The van der Waals surface area contributed by atoms with Crippen LogP contribution in [-0.2, 0) is 16.0 Å². The molecule has 1 N–H and O–H groups in total. The van der Waals surface area contributed by atoms with Crippen molar-refractivity contribution in [3.8, 4) is 0 Å². The minimum absolute atomic E-state index is 0.0233. The Kier molecular flexibility index (Phi) is 6.18. The predicted octanol–water partition coefficient (Wildman–Crippen LogP) is 3.05. The number of nitrogens with zero attached hydrogens (tertiary/aromatic N) is 1. The van der Waals surface area contributed by atoms with Crippen molar-refractivity contribution >= 4 is 29.1 Å². The Labute approximate surface area is 141 Å². The lowest BCUT2D eigenvalue weighted by Crippen LogP contribution is -2.40. The van der Waals surface area contributed by atoms with Gasteiger partial charge < -0.3 is 10.2 Å². The van der Waals surface area contributed by atoms with Gasteiger partial charge in [-0.2, -0.15) is 0 Å². The molecule has 0 saturated heterocycles. The summed E-state index contributed by atoms with van der Waals surface area (Å²) in [5, 5.41) is 3.36. The van der Waals surface area contributed by atoms with Crippen molar-refractivity contribution in [2.45, 2.75) is 13.3 Å². The van der Waals surface area contributed by atoms with Gasteiger partial charge in [-0.05, 0) is 30.2 Å². The van der Waals surface area contributed by atoms with Gasteiger partial charge >= 0.3 is 0 Å². The van der Waals surface area contributed by atoms with Crippen molar-refractivity contribution in [3.63, 3.8) is 0 Å². The van der Waals surface area contributed by atoms with Crippen molar-refractivity contribution in [2.24, 2.45) is 0 Å². The highest BCUT2D eigenvalue weighted by molar-refractivity contribution is 6.30. The molecule has 2 aromatic rings. The van der Waals surface area contributed by atoms with Crippen molar-refractivity contribution < 1.29 is 9.59 Å². The standard InChI is InChI=1S/C18H19ClN2O2/c1-14(22)21(17-9-5-8-16(19)12-17)13-18(23)20-11-10-15-6-3-2-4-7-15/h2-9,12H,10-11,13H2,1H3,(H,20,23). The van der Waals surface area contributed by atoms with Crippen LogP contribution in [0.5, 0.6) is 0 Å². The summed E-state index contributed by atoms with van der Waals surface area (Å²) in [6.07, 6.45) is 0.754. The summed E-state index contributed by atoms with van der Waals surface area (Å²) in [7, 11) is 0. The highest BCUT2D eigenvalue weighted by atomic mass is 35.5. The second-order valence-corrected chi connectivity index (χ2v) is 5.61. The molecule has 2 amide bonds. The van der Waals surface area contributed by atoms with Gasteiger partial charge in [0, 0.05) is 24.2 Å². The van der Waals surface area contributed by atoms with Gasteiger partial charge in [0.1, 0.15) is 6.54 Å². The smallest absolute Gasteiger partial charge is 0.240 e. The van der Waals surface area contributed by atoms with E-state index < -0.39 is 0 Å². The van der Waals surface area contributed by atoms with E-state index in [2.05, 4.69) is 5.32 Å². The molecule has 0 fully saturated rings. The van der Waals surface area contributed by atoms with Crippen LogP contribution in [0, 0.1) is 0 Å². The highest BCUT2D eigenvalue weighted by Crippen LogP contribution is 2.19. The van der Waals surface area contributed by atoms with Crippen LogP contribution in [0.2, 0.25) is 5.02 Å². The summed E-state index contributed by atoms with van der Waals surface area (Å²) < 4.78 is 0. The van der Waals surface area contributed by atoms with E-state index in [4.69, 9.17) is 11.6 Å². The van der Waals surface area contributed by atoms with E-state index in [9.17, 15) is 9.59 Å². The minimum Gasteiger partial charge on any atom is -0.354 e.